The lowest BCUT2D eigenvalue weighted by Crippen LogP contribution is -2.26. The fraction of sp³-hybridized carbons (Fsp3) is 0.417. The zero-order valence-electron chi connectivity index (χ0n) is 9.36. The molecule has 1 aromatic rings. The van der Waals surface area contributed by atoms with Gasteiger partial charge in [0, 0.05) is 19.2 Å². The second kappa shape index (κ2) is 5.51. The Bertz CT molecular complexity index is 336. The van der Waals surface area contributed by atoms with Crippen molar-refractivity contribution in [3.8, 4) is 0 Å². The van der Waals surface area contributed by atoms with Gasteiger partial charge in [0.1, 0.15) is 0 Å². The third-order valence-electron chi connectivity index (χ3n) is 2.43. The van der Waals surface area contributed by atoms with Gasteiger partial charge in [-0.05, 0) is 37.6 Å². The molecule has 15 heavy (non-hydrogen) atoms. The Morgan fingerprint density at radius 2 is 2.20 bits per heavy atom. The summed E-state index contributed by atoms with van der Waals surface area (Å²) in [4.78, 5) is 13.5. The molecule has 0 bridgehead atoms. The Balaban J connectivity index is 2.85. The average Bonchev–Trinajstić information content (AvgIpc) is 2.28. The van der Waals surface area contributed by atoms with Crippen molar-refractivity contribution in [2.45, 2.75) is 13.3 Å². The highest BCUT2D eigenvalue weighted by molar-refractivity contribution is 5.94. The molecule has 0 unspecified atom stereocenters. The van der Waals surface area contributed by atoms with Gasteiger partial charge in [0.15, 0.2) is 0 Å². The molecule has 0 atom stereocenters. The summed E-state index contributed by atoms with van der Waals surface area (Å²) in [7, 11) is 1.80. The van der Waals surface area contributed by atoms with Gasteiger partial charge >= 0.3 is 0 Å². The lowest BCUT2D eigenvalue weighted by Gasteiger charge is -2.14. The maximum absolute atomic E-state index is 11.8. The van der Waals surface area contributed by atoms with Crippen LogP contribution >= 0.6 is 0 Å². The highest BCUT2D eigenvalue weighted by Crippen LogP contribution is 2.08. The van der Waals surface area contributed by atoms with E-state index in [2.05, 4.69) is 0 Å². The van der Waals surface area contributed by atoms with Gasteiger partial charge in [0.2, 0.25) is 0 Å². The first-order valence-electron chi connectivity index (χ1n) is 5.23. The van der Waals surface area contributed by atoms with Gasteiger partial charge in [-0.25, -0.2) is 0 Å². The van der Waals surface area contributed by atoms with Crippen LogP contribution in [0.1, 0.15) is 22.8 Å². The van der Waals surface area contributed by atoms with E-state index in [9.17, 15) is 4.79 Å². The molecule has 0 fully saturated rings. The minimum Gasteiger partial charge on any atom is -0.342 e. The zero-order chi connectivity index (χ0) is 11.3. The molecule has 1 amide bonds. The lowest BCUT2D eigenvalue weighted by atomic mass is 10.1. The third kappa shape index (κ3) is 3.06. The van der Waals surface area contributed by atoms with E-state index in [1.807, 2.05) is 31.2 Å². The van der Waals surface area contributed by atoms with Crippen molar-refractivity contribution in [2.75, 3.05) is 20.1 Å². The van der Waals surface area contributed by atoms with E-state index < -0.39 is 0 Å². The van der Waals surface area contributed by atoms with Gasteiger partial charge < -0.3 is 10.6 Å². The number of hydrogen-bond donors (Lipinski definition) is 1. The number of carbonyl (C=O) groups is 1. The van der Waals surface area contributed by atoms with Gasteiger partial charge in [-0.3, -0.25) is 4.79 Å². The molecule has 1 aromatic carbocycles. The Morgan fingerprint density at radius 3 is 2.80 bits per heavy atom. The largest absolute Gasteiger partial charge is 0.342 e. The summed E-state index contributed by atoms with van der Waals surface area (Å²) in [6.07, 6.45) is 0.816. The van der Waals surface area contributed by atoms with Gasteiger partial charge in [-0.1, -0.05) is 12.1 Å². The van der Waals surface area contributed by atoms with E-state index in [4.69, 9.17) is 5.73 Å². The lowest BCUT2D eigenvalue weighted by molar-refractivity contribution is 0.0802. The summed E-state index contributed by atoms with van der Waals surface area (Å²) in [6, 6.07) is 7.66. The van der Waals surface area contributed by atoms with Gasteiger partial charge in [-0.15, -0.1) is 0 Å². The van der Waals surface area contributed by atoms with Gasteiger partial charge in [0.05, 0.1) is 0 Å². The quantitative estimate of drug-likeness (QED) is 0.806. The maximum atomic E-state index is 11.8. The number of hydrogen-bond acceptors (Lipinski definition) is 2. The molecule has 0 aromatic heterocycles. The van der Waals surface area contributed by atoms with Gasteiger partial charge in [0.25, 0.3) is 5.91 Å². The van der Waals surface area contributed by atoms with Crippen molar-refractivity contribution in [3.05, 3.63) is 35.4 Å². The second-order valence-corrected chi connectivity index (χ2v) is 3.56. The van der Waals surface area contributed by atoms with Crippen LogP contribution in [0, 0.1) is 0 Å². The van der Waals surface area contributed by atoms with Crippen LogP contribution < -0.4 is 5.73 Å². The van der Waals surface area contributed by atoms with Crippen LogP contribution in [0.5, 0.6) is 0 Å². The van der Waals surface area contributed by atoms with Crippen molar-refractivity contribution in [1.82, 2.24) is 4.90 Å². The molecule has 0 spiro atoms. The molecule has 0 saturated heterocycles. The topological polar surface area (TPSA) is 46.3 Å². The van der Waals surface area contributed by atoms with E-state index in [-0.39, 0.29) is 5.91 Å². The molecular formula is C12H18N2O. The highest BCUT2D eigenvalue weighted by atomic mass is 16.2. The fourth-order valence-corrected chi connectivity index (χ4v) is 1.39. The minimum atomic E-state index is 0.0661. The van der Waals surface area contributed by atoms with E-state index in [1.165, 1.54) is 0 Å². The first-order valence-corrected chi connectivity index (χ1v) is 5.23. The Labute approximate surface area is 90.9 Å². The smallest absolute Gasteiger partial charge is 0.253 e. The van der Waals surface area contributed by atoms with Crippen molar-refractivity contribution in [3.63, 3.8) is 0 Å². The predicted octanol–water partition coefficient (Wildman–Crippen LogP) is 1.28. The molecule has 3 heteroatoms. The Morgan fingerprint density at radius 1 is 1.47 bits per heavy atom. The van der Waals surface area contributed by atoms with Crippen molar-refractivity contribution in [2.24, 2.45) is 5.73 Å². The molecule has 0 saturated carbocycles. The van der Waals surface area contributed by atoms with Crippen LogP contribution in [0.4, 0.5) is 0 Å². The maximum Gasteiger partial charge on any atom is 0.253 e. The van der Waals surface area contributed by atoms with Crippen LogP contribution in [0.2, 0.25) is 0 Å². The summed E-state index contributed by atoms with van der Waals surface area (Å²) in [5.74, 6) is 0.0661. The van der Waals surface area contributed by atoms with Crippen LogP contribution in [0.25, 0.3) is 0 Å². The zero-order valence-corrected chi connectivity index (χ0v) is 9.36. The monoisotopic (exact) mass is 206 g/mol. The second-order valence-electron chi connectivity index (χ2n) is 3.56. The highest BCUT2D eigenvalue weighted by Gasteiger charge is 2.09. The normalized spacial score (nSPS) is 10.1. The van der Waals surface area contributed by atoms with Gasteiger partial charge in [-0.2, -0.15) is 0 Å². The number of nitrogens with two attached hydrogens (primary N) is 1. The fourth-order valence-electron chi connectivity index (χ4n) is 1.39. The minimum absolute atomic E-state index is 0.0661. The van der Waals surface area contributed by atoms with E-state index in [0.29, 0.717) is 6.54 Å². The number of amides is 1. The molecule has 82 valence electrons. The number of carbonyl (C=O) groups excluding carboxylic acids is 1. The SMILES string of the molecule is CCN(C)C(=O)c1cccc(CCN)c1. The summed E-state index contributed by atoms with van der Waals surface area (Å²) in [5, 5.41) is 0. The molecule has 0 aliphatic carbocycles. The molecule has 0 radical (unpaired) electrons. The van der Waals surface area contributed by atoms with Crippen molar-refractivity contribution >= 4 is 5.91 Å². The molecule has 2 N–H and O–H groups in total. The van der Waals surface area contributed by atoms with Crippen LogP contribution in [0.15, 0.2) is 24.3 Å². The molecule has 3 nitrogen and oxygen atoms in total. The predicted molar refractivity (Wildman–Crippen MR) is 61.8 cm³/mol. The summed E-state index contributed by atoms with van der Waals surface area (Å²) < 4.78 is 0. The molecule has 0 aliphatic heterocycles. The first-order chi connectivity index (χ1) is 7.19. The third-order valence-corrected chi connectivity index (χ3v) is 2.43. The number of benzene rings is 1. The number of nitrogens with zero attached hydrogens (tertiary/aromatic N) is 1. The molecule has 1 rings (SSSR count). The summed E-state index contributed by atoms with van der Waals surface area (Å²) >= 11 is 0. The number of rotatable bonds is 4. The van der Waals surface area contributed by atoms with Crippen LogP contribution in [-0.2, 0) is 6.42 Å². The Hall–Kier alpha value is -1.35. The van der Waals surface area contributed by atoms with Crippen LogP contribution in [-0.4, -0.2) is 30.9 Å². The molecule has 0 aliphatic rings. The summed E-state index contributed by atoms with van der Waals surface area (Å²) in [6.45, 7) is 3.29. The molecule has 0 heterocycles. The van der Waals surface area contributed by atoms with E-state index in [1.54, 1.807) is 11.9 Å². The van der Waals surface area contributed by atoms with E-state index >= 15 is 0 Å². The average molecular weight is 206 g/mol. The van der Waals surface area contributed by atoms with E-state index in [0.717, 1.165) is 24.1 Å². The van der Waals surface area contributed by atoms with Crippen molar-refractivity contribution in [1.29, 1.82) is 0 Å². The summed E-state index contributed by atoms with van der Waals surface area (Å²) in [5.41, 5.74) is 7.34. The standard InChI is InChI=1S/C12H18N2O/c1-3-14(2)12(15)11-6-4-5-10(9-11)7-8-13/h4-6,9H,3,7-8,13H2,1-2H3. The van der Waals surface area contributed by atoms with Crippen molar-refractivity contribution < 1.29 is 4.79 Å². The molecular weight excluding hydrogens is 188 g/mol. The van der Waals surface area contributed by atoms with Crippen LogP contribution in [0.3, 0.4) is 0 Å². The first kappa shape index (κ1) is 11.7. The Kier molecular flexibility index (Phi) is 4.31.